The van der Waals surface area contributed by atoms with Gasteiger partial charge in [-0.1, -0.05) is 6.92 Å². The van der Waals surface area contributed by atoms with Gasteiger partial charge in [0.15, 0.2) is 6.29 Å². The number of epoxide rings is 1. The molecule has 4 N–H and O–H groups in total. The van der Waals surface area contributed by atoms with Gasteiger partial charge in [0.25, 0.3) is 0 Å². The molecular formula is C17H34N2O4. The van der Waals surface area contributed by atoms with Crippen LogP contribution in [0.5, 0.6) is 0 Å². The van der Waals surface area contributed by atoms with E-state index >= 15 is 0 Å². The van der Waals surface area contributed by atoms with Gasteiger partial charge in [0.05, 0.1) is 12.7 Å². The summed E-state index contributed by atoms with van der Waals surface area (Å²) >= 11 is 0. The van der Waals surface area contributed by atoms with Gasteiger partial charge in [0.1, 0.15) is 6.23 Å². The van der Waals surface area contributed by atoms with Gasteiger partial charge in [-0.25, -0.2) is 0 Å². The number of nitrogens with zero attached hydrogens (tertiary/aromatic N) is 1. The van der Waals surface area contributed by atoms with Crippen molar-refractivity contribution < 1.29 is 20.1 Å². The molecule has 1 saturated heterocycles. The zero-order valence-electron chi connectivity index (χ0n) is 14.7. The van der Waals surface area contributed by atoms with E-state index < -0.39 is 12.5 Å². The van der Waals surface area contributed by atoms with Crippen molar-refractivity contribution in [2.75, 3.05) is 26.2 Å². The summed E-state index contributed by atoms with van der Waals surface area (Å²) in [4.78, 5) is 2.02. The van der Waals surface area contributed by atoms with Crippen molar-refractivity contribution in [2.45, 2.75) is 70.6 Å². The van der Waals surface area contributed by atoms with Crippen LogP contribution in [0, 0.1) is 11.8 Å². The lowest BCUT2D eigenvalue weighted by Gasteiger charge is -2.32. The first-order valence-electron chi connectivity index (χ1n) is 8.94. The number of hydrogen-bond donors (Lipinski definition) is 4. The fourth-order valence-electron chi connectivity index (χ4n) is 3.03. The molecule has 2 rings (SSSR count). The second-order valence-electron chi connectivity index (χ2n) is 7.81. The largest absolute Gasteiger partial charge is 0.378 e. The van der Waals surface area contributed by atoms with E-state index in [1.165, 1.54) is 12.8 Å². The summed E-state index contributed by atoms with van der Waals surface area (Å²) in [5, 5.41) is 32.5. The Morgan fingerprint density at radius 1 is 1.22 bits per heavy atom. The molecule has 0 aromatic rings. The molecule has 1 heterocycles. The lowest BCUT2D eigenvalue weighted by atomic mass is 9.99. The molecule has 0 bridgehead atoms. The van der Waals surface area contributed by atoms with E-state index in [4.69, 9.17) is 4.74 Å². The van der Waals surface area contributed by atoms with Gasteiger partial charge in [0.2, 0.25) is 0 Å². The maximum absolute atomic E-state index is 10.4. The quantitative estimate of drug-likeness (QED) is 0.308. The van der Waals surface area contributed by atoms with Crippen LogP contribution in [0.3, 0.4) is 0 Å². The number of ether oxygens (including phenoxy) is 1. The molecule has 2 aliphatic rings. The van der Waals surface area contributed by atoms with Crippen LogP contribution in [-0.2, 0) is 4.74 Å². The van der Waals surface area contributed by atoms with E-state index in [1.807, 2.05) is 4.90 Å². The zero-order valence-corrected chi connectivity index (χ0v) is 14.7. The minimum atomic E-state index is -1.38. The summed E-state index contributed by atoms with van der Waals surface area (Å²) in [6.07, 6.45) is 2.17. The predicted octanol–water partition coefficient (Wildman–Crippen LogP) is 0.511. The van der Waals surface area contributed by atoms with E-state index in [0.29, 0.717) is 12.5 Å². The molecule has 0 amide bonds. The summed E-state index contributed by atoms with van der Waals surface area (Å²) in [6, 6.07) is 0. The van der Waals surface area contributed by atoms with Crippen LogP contribution in [0.1, 0.15) is 46.5 Å². The number of hydrogen-bond acceptors (Lipinski definition) is 6. The number of aliphatic hydroxyl groups excluding tert-OH is 2. The summed E-state index contributed by atoms with van der Waals surface area (Å²) in [5.41, 5.74) is 0.158. The van der Waals surface area contributed by atoms with Gasteiger partial charge in [-0.05, 0) is 45.4 Å². The summed E-state index contributed by atoms with van der Waals surface area (Å²) in [7, 11) is 0. The van der Waals surface area contributed by atoms with Gasteiger partial charge < -0.3 is 25.4 Å². The zero-order chi connectivity index (χ0) is 17.0. The number of aliphatic hydroxyl groups is 3. The number of rotatable bonds is 12. The Morgan fingerprint density at radius 3 is 2.39 bits per heavy atom. The topological polar surface area (TPSA) is 88.5 Å². The molecule has 0 aromatic heterocycles. The Hall–Kier alpha value is -0.240. The Morgan fingerprint density at radius 2 is 1.87 bits per heavy atom. The third kappa shape index (κ3) is 6.64. The highest BCUT2D eigenvalue weighted by Gasteiger charge is 2.37. The van der Waals surface area contributed by atoms with Gasteiger partial charge in [-0.3, -0.25) is 4.90 Å². The van der Waals surface area contributed by atoms with Gasteiger partial charge in [0, 0.05) is 31.1 Å². The fraction of sp³-hybridized carbons (Fsp3) is 1.00. The molecule has 1 aliphatic heterocycles. The first-order valence-corrected chi connectivity index (χ1v) is 8.94. The van der Waals surface area contributed by atoms with Crippen LogP contribution in [0.15, 0.2) is 0 Å². The highest BCUT2D eigenvalue weighted by Crippen LogP contribution is 2.39. The second-order valence-corrected chi connectivity index (χ2v) is 7.81. The van der Waals surface area contributed by atoms with Crippen LogP contribution in [-0.4, -0.2) is 70.6 Å². The van der Waals surface area contributed by atoms with Crippen molar-refractivity contribution in [3.63, 3.8) is 0 Å². The van der Waals surface area contributed by atoms with Crippen LogP contribution in [0.2, 0.25) is 0 Å². The molecule has 0 aromatic carbocycles. The van der Waals surface area contributed by atoms with E-state index in [0.717, 1.165) is 38.6 Å². The first kappa shape index (κ1) is 19.1. The van der Waals surface area contributed by atoms with Crippen molar-refractivity contribution in [1.82, 2.24) is 10.2 Å². The van der Waals surface area contributed by atoms with Gasteiger partial charge in [-0.15, -0.1) is 0 Å². The normalized spacial score (nSPS) is 24.3. The lowest BCUT2D eigenvalue weighted by molar-refractivity contribution is -0.104. The Bertz CT molecular complexity index is 357. The van der Waals surface area contributed by atoms with Crippen molar-refractivity contribution in [1.29, 1.82) is 0 Å². The van der Waals surface area contributed by atoms with Crippen LogP contribution < -0.4 is 5.32 Å². The lowest BCUT2D eigenvalue weighted by Crippen LogP contribution is -2.48. The van der Waals surface area contributed by atoms with Crippen molar-refractivity contribution in [3.8, 4) is 0 Å². The fourth-order valence-corrected chi connectivity index (χ4v) is 3.03. The predicted molar refractivity (Wildman–Crippen MR) is 88.7 cm³/mol. The third-order valence-electron chi connectivity index (χ3n) is 5.23. The highest BCUT2D eigenvalue weighted by molar-refractivity contribution is 4.94. The number of nitrogens with one attached hydrogen (secondary N) is 1. The summed E-state index contributed by atoms with van der Waals surface area (Å²) in [6.45, 7) is 9.39. The Labute approximate surface area is 139 Å². The minimum Gasteiger partial charge on any atom is -0.378 e. The molecule has 0 radical (unpaired) electrons. The molecule has 6 heteroatoms. The van der Waals surface area contributed by atoms with E-state index in [2.05, 4.69) is 19.2 Å². The standard InChI is InChI=1S/C17H34N2O4/c1-12(16(21)22)10-15(20)19(8-6-14-11-23-14)9-7-18-17(2,3)13-4-5-13/h12-16,18,20-22H,4-11H2,1-3H3. The molecule has 136 valence electrons. The third-order valence-corrected chi connectivity index (χ3v) is 5.23. The minimum absolute atomic E-state index is 0.158. The Balaban J connectivity index is 1.77. The molecule has 1 saturated carbocycles. The smallest absolute Gasteiger partial charge is 0.154 e. The van der Waals surface area contributed by atoms with Crippen molar-refractivity contribution in [2.24, 2.45) is 11.8 Å². The molecule has 2 fully saturated rings. The molecule has 3 atom stereocenters. The molecule has 1 aliphatic carbocycles. The van der Waals surface area contributed by atoms with Crippen LogP contribution in [0.25, 0.3) is 0 Å². The van der Waals surface area contributed by atoms with Crippen molar-refractivity contribution in [3.05, 3.63) is 0 Å². The maximum atomic E-state index is 10.4. The molecule has 6 nitrogen and oxygen atoms in total. The molecule has 23 heavy (non-hydrogen) atoms. The van der Waals surface area contributed by atoms with Crippen LogP contribution in [0.4, 0.5) is 0 Å². The van der Waals surface area contributed by atoms with E-state index in [9.17, 15) is 15.3 Å². The van der Waals surface area contributed by atoms with Gasteiger partial charge in [-0.2, -0.15) is 0 Å². The monoisotopic (exact) mass is 330 g/mol. The molecule has 3 unspecified atom stereocenters. The van der Waals surface area contributed by atoms with E-state index in [1.54, 1.807) is 6.92 Å². The highest BCUT2D eigenvalue weighted by atomic mass is 16.6. The maximum Gasteiger partial charge on any atom is 0.154 e. The van der Waals surface area contributed by atoms with Crippen LogP contribution >= 0.6 is 0 Å². The van der Waals surface area contributed by atoms with Gasteiger partial charge >= 0.3 is 0 Å². The summed E-state index contributed by atoms with van der Waals surface area (Å²) in [5.74, 6) is 0.422. The summed E-state index contributed by atoms with van der Waals surface area (Å²) < 4.78 is 5.25. The van der Waals surface area contributed by atoms with E-state index in [-0.39, 0.29) is 11.5 Å². The Kier molecular flexibility index (Phi) is 6.83. The first-order chi connectivity index (χ1) is 10.8. The SMILES string of the molecule is CC(CC(O)N(CCNC(C)(C)C1CC1)CCC1CO1)C(O)O. The average molecular weight is 330 g/mol. The molecular weight excluding hydrogens is 296 g/mol. The molecule has 0 spiro atoms. The average Bonchev–Trinajstić information content (AvgIpc) is 3.35. The van der Waals surface area contributed by atoms with Crippen molar-refractivity contribution >= 4 is 0 Å². The second kappa shape index (κ2) is 8.23.